The quantitative estimate of drug-likeness (QED) is 0.779. The molecule has 1 atom stereocenters. The minimum Gasteiger partial charge on any atom is -0.295 e. The Morgan fingerprint density at radius 1 is 1.33 bits per heavy atom. The second-order valence-electron chi connectivity index (χ2n) is 3.46. The van der Waals surface area contributed by atoms with Crippen LogP contribution in [-0.2, 0) is 9.59 Å². The molecule has 0 spiro atoms. The summed E-state index contributed by atoms with van der Waals surface area (Å²) < 4.78 is 0. The van der Waals surface area contributed by atoms with Crippen LogP contribution in [0.15, 0.2) is 24.3 Å². The number of carbonyl (C=O) groups is 2. The van der Waals surface area contributed by atoms with E-state index < -0.39 is 0 Å². The van der Waals surface area contributed by atoms with Crippen LogP contribution in [0.5, 0.6) is 0 Å². The summed E-state index contributed by atoms with van der Waals surface area (Å²) in [4.78, 5) is 22.7. The third kappa shape index (κ3) is 2.11. The first kappa shape index (κ1) is 10.4. The lowest BCUT2D eigenvalue weighted by molar-refractivity contribution is -0.116. The Balaban J connectivity index is 2.28. The smallest absolute Gasteiger partial charge is 0.217 e. The molecule has 0 aliphatic carbocycles. The lowest BCUT2D eigenvalue weighted by atomic mass is 10.0. The van der Waals surface area contributed by atoms with Crippen molar-refractivity contribution in [1.82, 2.24) is 5.32 Å². The van der Waals surface area contributed by atoms with Gasteiger partial charge >= 0.3 is 0 Å². The summed E-state index contributed by atoms with van der Waals surface area (Å²) in [6, 6.07) is 7.38. The number of hydrogen-bond acceptors (Lipinski definition) is 4. The monoisotopic (exact) mass is 221 g/mol. The second-order valence-corrected chi connectivity index (χ2v) is 4.53. The summed E-state index contributed by atoms with van der Waals surface area (Å²) in [7, 11) is 0. The van der Waals surface area contributed by atoms with Gasteiger partial charge in [0.15, 0.2) is 0 Å². The van der Waals surface area contributed by atoms with Crippen LogP contribution in [0.4, 0.5) is 0 Å². The first-order chi connectivity index (χ1) is 7.18. The summed E-state index contributed by atoms with van der Waals surface area (Å²) in [6.07, 6.45) is 0. The highest BCUT2D eigenvalue weighted by Crippen LogP contribution is 2.26. The van der Waals surface area contributed by atoms with Crippen molar-refractivity contribution in [3.05, 3.63) is 35.4 Å². The normalized spacial score (nSPS) is 21.8. The standard InChI is InChI=1S/C11H11NO2S/c1-7-4-2-3-5-8(7)10-11(14)15-9(13)6-12-10/h2-5,10,12H,6H2,1H3. The van der Waals surface area contributed by atoms with E-state index in [0.717, 1.165) is 22.9 Å². The van der Waals surface area contributed by atoms with Gasteiger partial charge in [-0.3, -0.25) is 14.9 Å². The third-order valence-electron chi connectivity index (χ3n) is 2.40. The molecule has 0 aromatic heterocycles. The molecule has 4 heteroatoms. The van der Waals surface area contributed by atoms with E-state index in [1.54, 1.807) is 0 Å². The summed E-state index contributed by atoms with van der Waals surface area (Å²) in [6.45, 7) is 2.22. The Kier molecular flexibility index (Phi) is 2.88. The molecule has 78 valence electrons. The summed E-state index contributed by atoms with van der Waals surface area (Å²) in [5.74, 6) is 0. The zero-order valence-electron chi connectivity index (χ0n) is 8.32. The Morgan fingerprint density at radius 3 is 2.73 bits per heavy atom. The van der Waals surface area contributed by atoms with Gasteiger partial charge in [0.05, 0.1) is 6.54 Å². The predicted molar refractivity (Wildman–Crippen MR) is 59.5 cm³/mol. The molecule has 0 radical (unpaired) electrons. The maximum atomic E-state index is 11.6. The zero-order chi connectivity index (χ0) is 10.8. The lowest BCUT2D eigenvalue weighted by Crippen LogP contribution is -2.37. The molecule has 3 nitrogen and oxygen atoms in total. The topological polar surface area (TPSA) is 46.2 Å². The van der Waals surface area contributed by atoms with E-state index >= 15 is 0 Å². The fourth-order valence-corrected chi connectivity index (χ4v) is 2.33. The van der Waals surface area contributed by atoms with Gasteiger partial charge in [-0.25, -0.2) is 0 Å². The summed E-state index contributed by atoms with van der Waals surface area (Å²) >= 11 is 0.813. The van der Waals surface area contributed by atoms with E-state index in [1.165, 1.54) is 0 Å². The van der Waals surface area contributed by atoms with Crippen molar-refractivity contribution in [2.24, 2.45) is 0 Å². The third-order valence-corrected chi connectivity index (χ3v) is 3.21. The van der Waals surface area contributed by atoms with Crippen molar-refractivity contribution in [3.8, 4) is 0 Å². The maximum absolute atomic E-state index is 11.6. The second kappa shape index (κ2) is 4.16. The molecule has 0 bridgehead atoms. The highest BCUT2D eigenvalue weighted by atomic mass is 32.2. The van der Waals surface area contributed by atoms with Gasteiger partial charge in [-0.05, 0) is 29.8 Å². The summed E-state index contributed by atoms with van der Waals surface area (Å²) in [5.41, 5.74) is 2.03. The molecule has 1 aliphatic heterocycles. The van der Waals surface area contributed by atoms with Gasteiger partial charge in [0.2, 0.25) is 10.2 Å². The van der Waals surface area contributed by atoms with E-state index in [0.29, 0.717) is 0 Å². The largest absolute Gasteiger partial charge is 0.295 e. The minimum atomic E-state index is -0.339. The number of carbonyl (C=O) groups excluding carboxylic acids is 2. The van der Waals surface area contributed by atoms with Crippen LogP contribution in [0.25, 0.3) is 0 Å². The predicted octanol–water partition coefficient (Wildman–Crippen LogP) is 1.43. The van der Waals surface area contributed by atoms with Crippen LogP contribution < -0.4 is 5.32 Å². The number of benzene rings is 1. The molecule has 15 heavy (non-hydrogen) atoms. The van der Waals surface area contributed by atoms with E-state index in [9.17, 15) is 9.59 Å². The maximum Gasteiger partial charge on any atom is 0.217 e. The van der Waals surface area contributed by atoms with Gasteiger partial charge in [-0.15, -0.1) is 0 Å². The molecule has 2 rings (SSSR count). The SMILES string of the molecule is Cc1ccccc1C1NCC(=O)SC1=O. The first-order valence-corrected chi connectivity index (χ1v) is 5.53. The number of aryl methyl sites for hydroxylation is 1. The molecule has 1 unspecified atom stereocenters. The van der Waals surface area contributed by atoms with E-state index in [1.807, 2.05) is 31.2 Å². The van der Waals surface area contributed by atoms with Gasteiger partial charge in [0.25, 0.3) is 0 Å². The van der Waals surface area contributed by atoms with Crippen LogP contribution in [0.1, 0.15) is 17.2 Å². The Labute approximate surface area is 92.2 Å². The molecule has 1 N–H and O–H groups in total. The highest BCUT2D eigenvalue weighted by Gasteiger charge is 2.29. The zero-order valence-corrected chi connectivity index (χ0v) is 9.14. The van der Waals surface area contributed by atoms with Crippen molar-refractivity contribution in [2.45, 2.75) is 13.0 Å². The van der Waals surface area contributed by atoms with Gasteiger partial charge in [-0.1, -0.05) is 24.3 Å². The number of rotatable bonds is 1. The number of thioether (sulfide) groups is 1. The molecule has 1 aliphatic rings. The average Bonchev–Trinajstić information content (AvgIpc) is 2.20. The van der Waals surface area contributed by atoms with Crippen molar-refractivity contribution in [1.29, 1.82) is 0 Å². The molecular formula is C11H11NO2S. The van der Waals surface area contributed by atoms with Crippen molar-refractivity contribution < 1.29 is 9.59 Å². The Morgan fingerprint density at radius 2 is 2.07 bits per heavy atom. The van der Waals surface area contributed by atoms with Gasteiger partial charge in [-0.2, -0.15) is 0 Å². The number of hydrogen-bond donors (Lipinski definition) is 1. The van der Waals surface area contributed by atoms with Crippen LogP contribution in [0.2, 0.25) is 0 Å². The van der Waals surface area contributed by atoms with Gasteiger partial charge in [0.1, 0.15) is 6.04 Å². The average molecular weight is 221 g/mol. The fraction of sp³-hybridized carbons (Fsp3) is 0.273. The lowest BCUT2D eigenvalue weighted by Gasteiger charge is -2.22. The molecule has 1 heterocycles. The van der Waals surface area contributed by atoms with Crippen LogP contribution in [-0.4, -0.2) is 16.8 Å². The highest BCUT2D eigenvalue weighted by molar-refractivity contribution is 8.26. The molecule has 1 fully saturated rings. The fourth-order valence-electron chi connectivity index (χ4n) is 1.62. The molecule has 0 saturated carbocycles. The van der Waals surface area contributed by atoms with Crippen molar-refractivity contribution in [3.63, 3.8) is 0 Å². The van der Waals surface area contributed by atoms with Crippen LogP contribution in [0.3, 0.4) is 0 Å². The van der Waals surface area contributed by atoms with Gasteiger partial charge < -0.3 is 0 Å². The molecule has 1 aromatic rings. The summed E-state index contributed by atoms with van der Waals surface area (Å²) in [5, 5.41) is 2.74. The first-order valence-electron chi connectivity index (χ1n) is 4.72. The van der Waals surface area contributed by atoms with Gasteiger partial charge in [0, 0.05) is 0 Å². The van der Waals surface area contributed by atoms with E-state index in [2.05, 4.69) is 5.32 Å². The molecule has 1 aromatic carbocycles. The molecule has 0 amide bonds. The van der Waals surface area contributed by atoms with Crippen LogP contribution >= 0.6 is 11.8 Å². The molecule has 1 saturated heterocycles. The number of nitrogens with one attached hydrogen (secondary N) is 1. The minimum absolute atomic E-state index is 0.107. The van der Waals surface area contributed by atoms with Crippen LogP contribution in [0, 0.1) is 6.92 Å². The Bertz CT molecular complexity index is 417. The van der Waals surface area contributed by atoms with E-state index in [4.69, 9.17) is 0 Å². The molecular weight excluding hydrogens is 210 g/mol. The van der Waals surface area contributed by atoms with E-state index in [-0.39, 0.29) is 22.8 Å². The van der Waals surface area contributed by atoms with Crippen molar-refractivity contribution >= 4 is 22.0 Å². The van der Waals surface area contributed by atoms with Crippen molar-refractivity contribution in [2.75, 3.05) is 6.54 Å². The Hall–Kier alpha value is -1.13.